The lowest BCUT2D eigenvalue weighted by molar-refractivity contribution is 0.376. The molecule has 0 heterocycles. The van der Waals surface area contributed by atoms with Gasteiger partial charge >= 0.3 is 0 Å². The first kappa shape index (κ1) is 18.4. The summed E-state index contributed by atoms with van der Waals surface area (Å²) < 4.78 is 12.6. The van der Waals surface area contributed by atoms with E-state index in [4.69, 9.17) is 9.47 Å². The van der Waals surface area contributed by atoms with Gasteiger partial charge in [0.05, 0.1) is 18.7 Å². The second-order valence-corrected chi connectivity index (χ2v) is 7.26. The maximum Gasteiger partial charge on any atom is 0.140 e. The largest absolute Gasteiger partial charge is 0.496 e. The van der Waals surface area contributed by atoms with Crippen LogP contribution in [-0.4, -0.2) is 14.2 Å². The van der Waals surface area contributed by atoms with Gasteiger partial charge < -0.3 is 9.47 Å². The van der Waals surface area contributed by atoms with Crippen LogP contribution in [-0.2, 0) is 6.42 Å². The Kier molecular flexibility index (Phi) is 7.01. The lowest BCUT2D eigenvalue weighted by atomic mass is 9.84. The fourth-order valence-corrected chi connectivity index (χ4v) is 4.17. The van der Waals surface area contributed by atoms with Gasteiger partial charge in [0, 0.05) is 11.5 Å². The van der Waals surface area contributed by atoms with Gasteiger partial charge in [-0.15, -0.1) is 0 Å². The Bertz CT molecular complexity index is 563. The van der Waals surface area contributed by atoms with Crippen LogP contribution in [0.25, 0.3) is 0 Å². The first-order valence-corrected chi connectivity index (χ1v) is 9.52. The summed E-state index contributed by atoms with van der Waals surface area (Å²) >= 11 is 3.79. The zero-order valence-corrected chi connectivity index (χ0v) is 16.5. The van der Waals surface area contributed by atoms with Crippen LogP contribution in [0.5, 0.6) is 11.5 Å². The highest BCUT2D eigenvalue weighted by Gasteiger charge is 2.25. The average molecular weight is 381 g/mol. The minimum Gasteiger partial charge on any atom is -0.496 e. The molecule has 3 heteroatoms. The van der Waals surface area contributed by atoms with Crippen molar-refractivity contribution in [3.63, 3.8) is 0 Å². The molecule has 1 aliphatic rings. The summed E-state index contributed by atoms with van der Waals surface area (Å²) in [6.45, 7) is 4.45. The molecule has 1 atom stereocenters. The Morgan fingerprint density at radius 2 is 2.00 bits per heavy atom. The molecule has 0 amide bonds. The van der Waals surface area contributed by atoms with Crippen LogP contribution in [0.4, 0.5) is 0 Å². The number of ether oxygens (including phenoxy) is 2. The second-order valence-electron chi connectivity index (χ2n) is 6.47. The summed E-state index contributed by atoms with van der Waals surface area (Å²) in [5.41, 5.74) is 3.95. The molecule has 1 aromatic rings. The third-order valence-corrected chi connectivity index (χ3v) is 5.58. The molecule has 0 saturated carbocycles. The number of methoxy groups -OCH3 is 2. The minimum atomic E-state index is 0.384. The predicted molar refractivity (Wildman–Crippen MR) is 101 cm³/mol. The number of aryl methyl sites for hydroxylation is 1. The van der Waals surface area contributed by atoms with Gasteiger partial charge in [-0.1, -0.05) is 31.4 Å². The summed E-state index contributed by atoms with van der Waals surface area (Å²) in [6.07, 6.45) is 10.7. The van der Waals surface area contributed by atoms with Crippen molar-refractivity contribution in [2.45, 2.75) is 64.7 Å². The summed E-state index contributed by atoms with van der Waals surface area (Å²) in [6, 6.07) is 2.20. The Balaban J connectivity index is 2.44. The molecule has 23 heavy (non-hydrogen) atoms. The molecular formula is C20H29BrO2. The monoisotopic (exact) mass is 380 g/mol. The topological polar surface area (TPSA) is 18.5 Å². The van der Waals surface area contributed by atoms with E-state index < -0.39 is 0 Å². The molecule has 1 aliphatic carbocycles. The number of rotatable bonds is 7. The maximum atomic E-state index is 5.80. The number of unbranched alkanes of at least 4 members (excludes halogenated alkanes) is 2. The quantitative estimate of drug-likeness (QED) is 0.401. The fraction of sp³-hybridized carbons (Fsp3) is 0.600. The van der Waals surface area contributed by atoms with Crippen molar-refractivity contribution in [2.75, 3.05) is 14.2 Å². The van der Waals surface area contributed by atoms with E-state index in [2.05, 4.69) is 41.9 Å². The van der Waals surface area contributed by atoms with Crippen LogP contribution < -0.4 is 9.47 Å². The molecule has 0 aliphatic heterocycles. The number of allylic oxidation sites excluding steroid dienone is 2. The van der Waals surface area contributed by atoms with Crippen LogP contribution >= 0.6 is 15.9 Å². The highest BCUT2D eigenvalue weighted by atomic mass is 79.9. The van der Waals surface area contributed by atoms with Gasteiger partial charge in [-0.2, -0.15) is 0 Å². The third-order valence-electron chi connectivity index (χ3n) is 4.71. The van der Waals surface area contributed by atoms with Crippen LogP contribution in [0.2, 0.25) is 0 Å². The van der Waals surface area contributed by atoms with Crippen molar-refractivity contribution in [3.05, 3.63) is 33.3 Å². The third kappa shape index (κ3) is 4.32. The van der Waals surface area contributed by atoms with E-state index in [9.17, 15) is 0 Å². The molecule has 1 unspecified atom stereocenters. The number of hydrogen-bond donors (Lipinski definition) is 0. The predicted octanol–water partition coefficient (Wildman–Crippen LogP) is 6.41. The van der Waals surface area contributed by atoms with E-state index in [1.807, 2.05) is 0 Å². The smallest absolute Gasteiger partial charge is 0.140 e. The first-order chi connectivity index (χ1) is 11.1. The first-order valence-electron chi connectivity index (χ1n) is 8.72. The number of halogens is 1. The van der Waals surface area contributed by atoms with Crippen LogP contribution in [0.1, 0.15) is 69.4 Å². The summed E-state index contributed by atoms with van der Waals surface area (Å²) in [4.78, 5) is 0. The zero-order valence-electron chi connectivity index (χ0n) is 14.9. The van der Waals surface area contributed by atoms with Gasteiger partial charge in [0.15, 0.2) is 0 Å². The number of hydrogen-bond acceptors (Lipinski definition) is 2. The van der Waals surface area contributed by atoms with E-state index in [0.717, 1.165) is 28.8 Å². The van der Waals surface area contributed by atoms with E-state index in [1.165, 1.54) is 48.8 Å². The Labute approximate surface area is 149 Å². The molecule has 128 valence electrons. The van der Waals surface area contributed by atoms with Gasteiger partial charge in [0.2, 0.25) is 0 Å². The fourth-order valence-electron chi connectivity index (χ4n) is 3.48. The van der Waals surface area contributed by atoms with Crippen molar-refractivity contribution in [1.29, 1.82) is 0 Å². The van der Waals surface area contributed by atoms with E-state index in [0.29, 0.717) is 5.92 Å². The Morgan fingerprint density at radius 3 is 2.61 bits per heavy atom. The average Bonchev–Trinajstić information content (AvgIpc) is 2.55. The molecule has 0 radical (unpaired) electrons. The van der Waals surface area contributed by atoms with E-state index in [-0.39, 0.29) is 0 Å². The maximum absolute atomic E-state index is 5.80. The normalized spacial score (nSPS) is 17.8. The van der Waals surface area contributed by atoms with Crippen molar-refractivity contribution < 1.29 is 9.47 Å². The van der Waals surface area contributed by atoms with E-state index in [1.54, 1.807) is 14.2 Å². The second kappa shape index (κ2) is 8.77. The van der Waals surface area contributed by atoms with Gasteiger partial charge in [0.1, 0.15) is 11.5 Å². The SMILES string of the molecule is CCCCCc1cc(OC)c(C2C=C(C)CCC2)c(OC)c1Br. The molecule has 2 nitrogen and oxygen atoms in total. The standard InChI is InChI=1S/C20H29BrO2/c1-5-6-7-10-16-13-17(22-3)18(20(23-4)19(16)21)15-11-8-9-14(2)12-15/h12-13,15H,5-11H2,1-4H3. The Morgan fingerprint density at radius 1 is 1.22 bits per heavy atom. The van der Waals surface area contributed by atoms with Crippen molar-refractivity contribution >= 4 is 15.9 Å². The van der Waals surface area contributed by atoms with Gasteiger partial charge in [-0.25, -0.2) is 0 Å². The summed E-state index contributed by atoms with van der Waals surface area (Å²) in [7, 11) is 3.53. The van der Waals surface area contributed by atoms with Gasteiger partial charge in [-0.05, 0) is 66.6 Å². The molecule has 0 aromatic heterocycles. The van der Waals surface area contributed by atoms with Crippen molar-refractivity contribution in [2.24, 2.45) is 0 Å². The van der Waals surface area contributed by atoms with Crippen LogP contribution in [0.3, 0.4) is 0 Å². The molecule has 0 spiro atoms. The summed E-state index contributed by atoms with van der Waals surface area (Å²) in [5, 5.41) is 0. The number of benzene rings is 1. The highest BCUT2D eigenvalue weighted by molar-refractivity contribution is 9.10. The molecule has 2 rings (SSSR count). The lowest BCUT2D eigenvalue weighted by Gasteiger charge is -2.25. The Hall–Kier alpha value is -0.960. The van der Waals surface area contributed by atoms with Gasteiger partial charge in [-0.3, -0.25) is 0 Å². The van der Waals surface area contributed by atoms with Gasteiger partial charge in [0.25, 0.3) is 0 Å². The van der Waals surface area contributed by atoms with Crippen LogP contribution in [0.15, 0.2) is 22.2 Å². The van der Waals surface area contributed by atoms with E-state index >= 15 is 0 Å². The molecule has 0 bridgehead atoms. The molecular weight excluding hydrogens is 352 g/mol. The van der Waals surface area contributed by atoms with Crippen molar-refractivity contribution in [3.8, 4) is 11.5 Å². The molecule has 0 saturated heterocycles. The molecule has 0 fully saturated rings. The lowest BCUT2D eigenvalue weighted by Crippen LogP contribution is -2.08. The zero-order chi connectivity index (χ0) is 16.8. The van der Waals surface area contributed by atoms with Crippen LogP contribution in [0, 0.1) is 0 Å². The minimum absolute atomic E-state index is 0.384. The van der Waals surface area contributed by atoms with Crippen molar-refractivity contribution in [1.82, 2.24) is 0 Å². The summed E-state index contributed by atoms with van der Waals surface area (Å²) in [5.74, 6) is 2.30. The highest BCUT2D eigenvalue weighted by Crippen LogP contribution is 2.46. The molecule has 1 aromatic carbocycles. The molecule has 0 N–H and O–H groups in total.